The zero-order valence-corrected chi connectivity index (χ0v) is 12.4. The van der Waals surface area contributed by atoms with Gasteiger partial charge in [-0.3, -0.25) is 0 Å². The molecule has 0 radical (unpaired) electrons. The molecule has 0 spiro atoms. The van der Waals surface area contributed by atoms with Crippen LogP contribution in [0.15, 0.2) is 9.47 Å². The Kier molecular flexibility index (Phi) is 6.01. The van der Waals surface area contributed by atoms with E-state index in [0.29, 0.717) is 3.39 Å². The Morgan fingerprint density at radius 2 is 1.70 bits per heavy atom. The number of hydrogen-bond donors (Lipinski definition) is 1. The van der Waals surface area contributed by atoms with Crippen LogP contribution in [-0.4, -0.2) is 13.4 Å². The molecule has 60 valence electrons. The van der Waals surface area contributed by atoms with Gasteiger partial charge in [0.05, 0.1) is 3.39 Å². The van der Waals surface area contributed by atoms with Gasteiger partial charge in [0.15, 0.2) is 2.14 Å². The molecule has 1 unspecified atom stereocenters. The van der Waals surface area contributed by atoms with Crippen LogP contribution in [0.1, 0.15) is 0 Å². The average molecular weight is 467 g/mol. The number of alkyl halides is 3. The van der Waals surface area contributed by atoms with E-state index in [-0.39, 0.29) is 0 Å². The quantitative estimate of drug-likeness (QED) is 0.583. The van der Waals surface area contributed by atoms with Gasteiger partial charge >= 0.3 is 0 Å². The van der Waals surface area contributed by atoms with Gasteiger partial charge in [-0.25, -0.2) is 0 Å². The number of aliphatic hydroxyl groups excluding tert-OH is 1. The van der Waals surface area contributed by atoms with Crippen molar-refractivity contribution in [3.63, 3.8) is 0 Å². The van der Waals surface area contributed by atoms with Gasteiger partial charge in [-0.1, -0.05) is 47.8 Å². The first-order valence-electron chi connectivity index (χ1n) is 2.11. The van der Waals surface area contributed by atoms with E-state index >= 15 is 0 Å². The van der Waals surface area contributed by atoms with Crippen LogP contribution in [0.4, 0.5) is 0 Å². The van der Waals surface area contributed by atoms with Crippen LogP contribution in [0.2, 0.25) is 0 Å². The topological polar surface area (TPSA) is 20.2 Å². The van der Waals surface area contributed by atoms with Gasteiger partial charge in [0, 0.05) is 0 Å². The smallest absolute Gasteiger partial charge is 0.164 e. The SMILES string of the molecule is OC(C=C(Br)Br)C(Br)(Br)Br. The van der Waals surface area contributed by atoms with Gasteiger partial charge in [0.2, 0.25) is 0 Å². The Bertz CT molecular complexity index is 133. The third-order valence-corrected chi connectivity index (χ3v) is 2.56. The summed E-state index contributed by atoms with van der Waals surface area (Å²) in [5.41, 5.74) is 0. The molecule has 0 fully saturated rings. The molecule has 1 nitrogen and oxygen atoms in total. The van der Waals surface area contributed by atoms with Crippen LogP contribution in [0.3, 0.4) is 0 Å². The van der Waals surface area contributed by atoms with Crippen molar-refractivity contribution in [3.8, 4) is 0 Å². The van der Waals surface area contributed by atoms with Crippen molar-refractivity contribution in [1.29, 1.82) is 0 Å². The van der Waals surface area contributed by atoms with E-state index in [0.717, 1.165) is 0 Å². The Labute approximate surface area is 101 Å². The van der Waals surface area contributed by atoms with Crippen LogP contribution < -0.4 is 0 Å². The predicted molar refractivity (Wildman–Crippen MR) is 61.5 cm³/mol. The van der Waals surface area contributed by atoms with Gasteiger partial charge in [0.25, 0.3) is 0 Å². The summed E-state index contributed by atoms with van der Waals surface area (Å²) in [6.07, 6.45) is 0.916. The molecule has 6 heteroatoms. The van der Waals surface area contributed by atoms with Crippen LogP contribution in [0.25, 0.3) is 0 Å². The highest BCUT2D eigenvalue weighted by molar-refractivity contribution is 9.39. The number of rotatable bonds is 1. The highest BCUT2D eigenvalue weighted by Gasteiger charge is 2.26. The lowest BCUT2D eigenvalue weighted by atomic mass is 10.4. The maximum atomic E-state index is 9.28. The lowest BCUT2D eigenvalue weighted by Crippen LogP contribution is -2.20. The second kappa shape index (κ2) is 4.97. The lowest BCUT2D eigenvalue weighted by molar-refractivity contribution is 0.238. The Balaban J connectivity index is 4.11. The molecule has 0 aliphatic carbocycles. The second-order valence-electron chi connectivity index (χ2n) is 1.44. The summed E-state index contributed by atoms with van der Waals surface area (Å²) >= 11 is 15.8. The monoisotopic (exact) mass is 462 g/mol. The summed E-state index contributed by atoms with van der Waals surface area (Å²) in [7, 11) is 0. The summed E-state index contributed by atoms with van der Waals surface area (Å²) in [4.78, 5) is 0. The minimum absolute atomic E-state index is 0.653. The van der Waals surface area contributed by atoms with E-state index in [2.05, 4.69) is 79.6 Å². The summed E-state index contributed by atoms with van der Waals surface area (Å²) in [6, 6.07) is 0. The largest absolute Gasteiger partial charge is 0.386 e. The van der Waals surface area contributed by atoms with E-state index < -0.39 is 8.25 Å². The summed E-state index contributed by atoms with van der Waals surface area (Å²) in [5, 5.41) is 9.28. The third-order valence-electron chi connectivity index (χ3n) is 0.619. The molecule has 0 bridgehead atoms. The molecule has 1 atom stereocenters. The van der Waals surface area contributed by atoms with Crippen molar-refractivity contribution >= 4 is 79.6 Å². The Hall–Kier alpha value is 2.10. The van der Waals surface area contributed by atoms with Crippen molar-refractivity contribution in [2.45, 2.75) is 8.25 Å². The molecule has 0 rings (SSSR count). The van der Waals surface area contributed by atoms with E-state index in [4.69, 9.17) is 0 Å². The zero-order chi connectivity index (χ0) is 8.36. The molecule has 0 aromatic rings. The van der Waals surface area contributed by atoms with Crippen LogP contribution in [0.5, 0.6) is 0 Å². The number of halogens is 5. The van der Waals surface area contributed by atoms with Gasteiger partial charge in [-0.15, -0.1) is 0 Å². The molecule has 10 heavy (non-hydrogen) atoms. The standard InChI is InChI=1S/C4H3Br5O/c5-3(6)1-2(10)4(7,8)9/h1-2,10H. The van der Waals surface area contributed by atoms with Gasteiger partial charge in [-0.05, 0) is 37.9 Å². The van der Waals surface area contributed by atoms with Crippen molar-refractivity contribution < 1.29 is 5.11 Å². The first kappa shape index (κ1) is 12.1. The van der Waals surface area contributed by atoms with Crippen LogP contribution in [0, 0.1) is 0 Å². The van der Waals surface area contributed by atoms with Crippen molar-refractivity contribution in [2.24, 2.45) is 0 Å². The average Bonchev–Trinajstić information content (AvgIpc) is 1.60. The molecular weight excluding hydrogens is 464 g/mol. The fraction of sp³-hybridized carbons (Fsp3) is 0.500. The zero-order valence-electron chi connectivity index (χ0n) is 4.49. The maximum Gasteiger partial charge on any atom is 0.164 e. The van der Waals surface area contributed by atoms with Gasteiger partial charge in [-0.2, -0.15) is 0 Å². The number of aliphatic hydroxyl groups is 1. The fourth-order valence-corrected chi connectivity index (χ4v) is 1.11. The summed E-state index contributed by atoms with van der Waals surface area (Å²) in [6.45, 7) is 0. The van der Waals surface area contributed by atoms with Crippen LogP contribution in [-0.2, 0) is 0 Å². The van der Waals surface area contributed by atoms with Crippen LogP contribution >= 0.6 is 79.6 Å². The fourth-order valence-electron chi connectivity index (χ4n) is 0.214. The Morgan fingerprint density at radius 3 is 1.80 bits per heavy atom. The first-order valence-corrected chi connectivity index (χ1v) is 6.08. The number of hydrogen-bond acceptors (Lipinski definition) is 1. The summed E-state index contributed by atoms with van der Waals surface area (Å²) < 4.78 is 0.0509. The predicted octanol–water partition coefficient (Wildman–Crippen LogP) is 3.82. The lowest BCUT2D eigenvalue weighted by Gasteiger charge is -2.15. The van der Waals surface area contributed by atoms with Crippen molar-refractivity contribution in [3.05, 3.63) is 9.47 Å². The molecule has 0 heterocycles. The molecule has 0 aromatic carbocycles. The summed E-state index contributed by atoms with van der Waals surface area (Å²) in [5.74, 6) is 0. The molecular formula is C4H3Br5O. The van der Waals surface area contributed by atoms with Crippen molar-refractivity contribution in [2.75, 3.05) is 0 Å². The second-order valence-corrected chi connectivity index (χ2v) is 11.2. The molecule has 0 aliphatic heterocycles. The molecule has 0 aromatic heterocycles. The van der Waals surface area contributed by atoms with Crippen molar-refractivity contribution in [1.82, 2.24) is 0 Å². The molecule has 0 amide bonds. The Morgan fingerprint density at radius 1 is 1.30 bits per heavy atom. The van der Waals surface area contributed by atoms with E-state index in [9.17, 15) is 5.11 Å². The molecule has 0 saturated heterocycles. The maximum absolute atomic E-state index is 9.28. The van der Waals surface area contributed by atoms with E-state index in [1.54, 1.807) is 6.08 Å². The van der Waals surface area contributed by atoms with Gasteiger partial charge < -0.3 is 5.11 Å². The highest BCUT2D eigenvalue weighted by Crippen LogP contribution is 2.38. The van der Waals surface area contributed by atoms with E-state index in [1.807, 2.05) is 0 Å². The normalized spacial score (nSPS) is 14.6. The molecule has 0 aliphatic rings. The van der Waals surface area contributed by atoms with Gasteiger partial charge in [0.1, 0.15) is 6.10 Å². The first-order chi connectivity index (χ1) is 4.34. The molecule has 1 N–H and O–H groups in total. The minimum Gasteiger partial charge on any atom is -0.386 e. The minimum atomic E-state index is -0.666. The highest BCUT2D eigenvalue weighted by atomic mass is 80.0. The van der Waals surface area contributed by atoms with E-state index in [1.165, 1.54) is 0 Å². The third kappa shape index (κ3) is 5.71. The molecule has 0 saturated carbocycles.